The van der Waals surface area contributed by atoms with Crippen molar-refractivity contribution in [1.29, 1.82) is 0 Å². The molecule has 0 aromatic heterocycles. The van der Waals surface area contributed by atoms with Crippen LogP contribution in [0.5, 0.6) is 5.75 Å². The Kier molecular flexibility index (Phi) is 4.99. The number of hydrogen-bond donors (Lipinski definition) is 2. The van der Waals surface area contributed by atoms with E-state index in [2.05, 4.69) is 30.1 Å². The van der Waals surface area contributed by atoms with Gasteiger partial charge in [0.15, 0.2) is 0 Å². The maximum atomic E-state index is 9.42. The summed E-state index contributed by atoms with van der Waals surface area (Å²) >= 11 is 0. The van der Waals surface area contributed by atoms with Crippen molar-refractivity contribution in [2.24, 2.45) is 0 Å². The lowest BCUT2D eigenvalue weighted by atomic mass is 10.0. The first kappa shape index (κ1) is 15.5. The van der Waals surface area contributed by atoms with E-state index in [1.807, 2.05) is 32.0 Å². The lowest BCUT2D eigenvalue weighted by molar-refractivity contribution is -0.736. The predicted octanol–water partition coefficient (Wildman–Crippen LogP) is 2.24. The molecular formula is C18H24NO2+. The van der Waals surface area contributed by atoms with E-state index in [0.717, 1.165) is 17.9 Å². The summed E-state index contributed by atoms with van der Waals surface area (Å²) in [5, 5.41) is 14.0. The Morgan fingerprint density at radius 1 is 1.24 bits per heavy atom. The molecule has 0 spiro atoms. The smallest absolute Gasteiger partial charge is 0.129 e. The monoisotopic (exact) mass is 286 g/mol. The average Bonchev–Trinajstić information content (AvgIpc) is 2.51. The molecule has 2 aromatic rings. The molecule has 112 valence electrons. The van der Waals surface area contributed by atoms with Crippen LogP contribution in [0.15, 0.2) is 49.1 Å². The summed E-state index contributed by atoms with van der Waals surface area (Å²) in [5.41, 5.74) is 0.962. The van der Waals surface area contributed by atoms with E-state index >= 15 is 0 Å². The fraction of sp³-hybridized carbons (Fsp3) is 0.333. The second kappa shape index (κ2) is 6.74. The summed E-state index contributed by atoms with van der Waals surface area (Å²) < 4.78 is 5.79. The van der Waals surface area contributed by atoms with Crippen LogP contribution in [0.25, 0.3) is 10.8 Å². The number of ether oxygens (including phenoxy) is 1. The van der Waals surface area contributed by atoms with Gasteiger partial charge in [0, 0.05) is 0 Å². The molecule has 0 aliphatic rings. The van der Waals surface area contributed by atoms with Gasteiger partial charge in [-0.3, -0.25) is 0 Å². The molecular weight excluding hydrogens is 262 g/mol. The minimum absolute atomic E-state index is 0.139. The third-order valence-corrected chi connectivity index (χ3v) is 3.62. The van der Waals surface area contributed by atoms with E-state index in [0.29, 0.717) is 6.61 Å². The molecule has 0 saturated heterocycles. The Bertz CT molecular complexity index is 620. The Morgan fingerprint density at radius 2 is 2.00 bits per heavy atom. The minimum Gasteiger partial charge on any atom is -0.489 e. The molecule has 0 saturated carbocycles. The zero-order chi connectivity index (χ0) is 15.3. The van der Waals surface area contributed by atoms with Gasteiger partial charge in [0.05, 0.1) is 12.2 Å². The lowest BCUT2D eigenvalue weighted by Crippen LogP contribution is -2.95. The molecule has 3 nitrogen and oxygen atoms in total. The highest BCUT2D eigenvalue weighted by Crippen LogP contribution is 2.27. The second-order valence-electron chi connectivity index (χ2n) is 5.92. The molecule has 3 heteroatoms. The van der Waals surface area contributed by atoms with E-state index < -0.39 is 0 Å². The highest BCUT2D eigenvalue weighted by atomic mass is 16.5. The van der Waals surface area contributed by atoms with Gasteiger partial charge in [-0.25, -0.2) is 0 Å². The number of aliphatic hydroxyl groups excluding tert-OH is 1. The van der Waals surface area contributed by atoms with Gasteiger partial charge >= 0.3 is 0 Å². The number of aliphatic hydroxyl groups is 1. The van der Waals surface area contributed by atoms with Gasteiger partial charge in [0.2, 0.25) is 0 Å². The van der Waals surface area contributed by atoms with E-state index in [1.54, 1.807) is 6.08 Å². The largest absolute Gasteiger partial charge is 0.489 e. The van der Waals surface area contributed by atoms with Crippen molar-refractivity contribution in [3.63, 3.8) is 0 Å². The van der Waals surface area contributed by atoms with Gasteiger partial charge in [0.25, 0.3) is 0 Å². The highest BCUT2D eigenvalue weighted by molar-refractivity contribution is 5.87. The van der Waals surface area contributed by atoms with Crippen LogP contribution in [0, 0.1) is 0 Å². The van der Waals surface area contributed by atoms with Gasteiger partial charge < -0.3 is 15.2 Å². The maximum absolute atomic E-state index is 9.42. The van der Waals surface area contributed by atoms with Crippen molar-refractivity contribution < 1.29 is 15.2 Å². The number of benzene rings is 2. The molecule has 0 heterocycles. The zero-order valence-corrected chi connectivity index (χ0v) is 12.8. The van der Waals surface area contributed by atoms with E-state index in [9.17, 15) is 5.11 Å². The van der Waals surface area contributed by atoms with Crippen molar-refractivity contribution in [2.75, 3.05) is 13.2 Å². The van der Waals surface area contributed by atoms with Crippen molar-refractivity contribution >= 4 is 10.8 Å². The normalized spacial score (nSPS) is 11.6. The third-order valence-electron chi connectivity index (χ3n) is 3.62. The SMILES string of the molecule is C=CCOc1ccc2ccccc2c1C[NH2+]C(C)(C)CO. The Balaban J connectivity index is 2.38. The van der Waals surface area contributed by atoms with Crippen LogP contribution in [0.3, 0.4) is 0 Å². The Morgan fingerprint density at radius 3 is 2.71 bits per heavy atom. The molecule has 0 radical (unpaired) electrons. The Labute approximate surface area is 126 Å². The Hall–Kier alpha value is -1.84. The van der Waals surface area contributed by atoms with Gasteiger partial charge in [0.1, 0.15) is 24.4 Å². The molecule has 2 rings (SSSR count). The van der Waals surface area contributed by atoms with Gasteiger partial charge in [-0.05, 0) is 30.7 Å². The average molecular weight is 286 g/mol. The standard InChI is InChI=1S/C18H23NO2/c1-4-11-21-17-10-9-14-7-5-6-8-15(14)16(17)12-19-18(2,3)13-20/h4-10,19-20H,1,11-13H2,2-3H3/p+1. The van der Waals surface area contributed by atoms with Gasteiger partial charge in [-0.15, -0.1) is 0 Å². The van der Waals surface area contributed by atoms with Crippen LogP contribution >= 0.6 is 0 Å². The van der Waals surface area contributed by atoms with Crippen molar-refractivity contribution in [2.45, 2.75) is 25.9 Å². The molecule has 0 aliphatic carbocycles. The van der Waals surface area contributed by atoms with E-state index in [4.69, 9.17) is 4.74 Å². The van der Waals surface area contributed by atoms with Gasteiger partial charge in [-0.2, -0.15) is 0 Å². The van der Waals surface area contributed by atoms with E-state index in [1.165, 1.54) is 10.8 Å². The predicted molar refractivity (Wildman–Crippen MR) is 86.4 cm³/mol. The molecule has 0 aliphatic heterocycles. The molecule has 21 heavy (non-hydrogen) atoms. The first-order valence-corrected chi connectivity index (χ1v) is 7.27. The van der Waals surface area contributed by atoms with Crippen LogP contribution in [0.1, 0.15) is 19.4 Å². The first-order chi connectivity index (χ1) is 10.1. The number of quaternary nitrogens is 1. The molecule has 0 amide bonds. The van der Waals surface area contributed by atoms with Crippen LogP contribution < -0.4 is 10.1 Å². The topological polar surface area (TPSA) is 46.1 Å². The number of hydrogen-bond acceptors (Lipinski definition) is 2. The van der Waals surface area contributed by atoms with Gasteiger partial charge in [-0.1, -0.05) is 43.0 Å². The lowest BCUT2D eigenvalue weighted by Gasteiger charge is -2.21. The maximum Gasteiger partial charge on any atom is 0.129 e. The number of nitrogens with two attached hydrogens (primary N) is 1. The van der Waals surface area contributed by atoms with Crippen molar-refractivity contribution in [1.82, 2.24) is 0 Å². The quantitative estimate of drug-likeness (QED) is 0.767. The summed E-state index contributed by atoms with van der Waals surface area (Å²) in [7, 11) is 0. The molecule has 3 N–H and O–H groups in total. The van der Waals surface area contributed by atoms with Crippen LogP contribution in [0.2, 0.25) is 0 Å². The summed E-state index contributed by atoms with van der Waals surface area (Å²) in [6, 6.07) is 12.4. The summed E-state index contributed by atoms with van der Waals surface area (Å²) in [6.07, 6.45) is 1.75. The van der Waals surface area contributed by atoms with E-state index in [-0.39, 0.29) is 12.1 Å². The van der Waals surface area contributed by atoms with Crippen LogP contribution in [-0.2, 0) is 6.54 Å². The zero-order valence-electron chi connectivity index (χ0n) is 12.8. The first-order valence-electron chi connectivity index (χ1n) is 7.27. The molecule has 0 bridgehead atoms. The number of fused-ring (bicyclic) bond motifs is 1. The second-order valence-corrected chi connectivity index (χ2v) is 5.92. The molecule has 0 fully saturated rings. The summed E-state index contributed by atoms with van der Waals surface area (Å²) in [6.45, 7) is 9.16. The van der Waals surface area contributed by atoms with Crippen molar-refractivity contribution in [3.8, 4) is 5.75 Å². The third kappa shape index (κ3) is 3.84. The molecule has 0 atom stereocenters. The summed E-state index contributed by atoms with van der Waals surface area (Å²) in [5.74, 6) is 0.888. The molecule has 0 unspecified atom stereocenters. The molecule has 2 aromatic carbocycles. The minimum atomic E-state index is -0.202. The fourth-order valence-corrected chi connectivity index (χ4v) is 2.25. The fourth-order valence-electron chi connectivity index (χ4n) is 2.25. The van der Waals surface area contributed by atoms with Crippen molar-refractivity contribution in [3.05, 3.63) is 54.6 Å². The summed E-state index contributed by atoms with van der Waals surface area (Å²) in [4.78, 5) is 0. The highest BCUT2D eigenvalue weighted by Gasteiger charge is 2.21. The number of rotatable bonds is 7. The van der Waals surface area contributed by atoms with Crippen LogP contribution in [0.4, 0.5) is 0 Å². The van der Waals surface area contributed by atoms with Crippen LogP contribution in [-0.4, -0.2) is 23.9 Å².